The van der Waals surface area contributed by atoms with E-state index < -0.39 is 0 Å². The van der Waals surface area contributed by atoms with Gasteiger partial charge in [0.15, 0.2) is 5.82 Å². The Morgan fingerprint density at radius 2 is 1.78 bits per heavy atom. The number of halogens is 2. The number of hydrogen-bond acceptors (Lipinski definition) is 4. The Morgan fingerprint density at radius 3 is 2.44 bits per heavy atom. The molecule has 0 saturated heterocycles. The fraction of sp³-hybridized carbons (Fsp3) is 0.238. The van der Waals surface area contributed by atoms with E-state index in [4.69, 9.17) is 21.3 Å². The average molecular weight is 404 g/mol. The summed E-state index contributed by atoms with van der Waals surface area (Å²) >= 11 is 6.23. The SMILES string of the molecule is CCN(CC)c1nc(C=Cc2ccccc2Cl)nc2ccc(OC)cc12.Cl. The number of aromatic nitrogens is 2. The van der Waals surface area contributed by atoms with E-state index in [0.717, 1.165) is 41.1 Å². The second kappa shape index (κ2) is 9.58. The fourth-order valence-electron chi connectivity index (χ4n) is 2.85. The molecular weight excluding hydrogens is 381 g/mol. The highest BCUT2D eigenvalue weighted by Gasteiger charge is 2.12. The number of fused-ring (bicyclic) bond motifs is 1. The molecular formula is C21H23Cl2N3O. The number of rotatable bonds is 6. The standard InChI is InChI=1S/C21H22ClN3O.ClH/c1-4-25(5-2)21-17-14-16(26-3)11-12-19(17)23-20(24-21)13-10-15-8-6-7-9-18(15)22;/h6-14H,4-5H2,1-3H3;1H. The molecule has 3 aromatic rings. The Morgan fingerprint density at radius 1 is 1.04 bits per heavy atom. The molecule has 2 aromatic carbocycles. The summed E-state index contributed by atoms with van der Waals surface area (Å²) in [6, 6.07) is 13.6. The lowest BCUT2D eigenvalue weighted by Gasteiger charge is -2.22. The average Bonchev–Trinajstić information content (AvgIpc) is 2.68. The number of benzene rings is 2. The highest BCUT2D eigenvalue weighted by atomic mass is 35.5. The minimum Gasteiger partial charge on any atom is -0.497 e. The molecule has 3 rings (SSSR count). The lowest BCUT2D eigenvalue weighted by Crippen LogP contribution is -2.23. The summed E-state index contributed by atoms with van der Waals surface area (Å²) in [5, 5.41) is 1.70. The van der Waals surface area contributed by atoms with Crippen LogP contribution in [0.25, 0.3) is 23.1 Å². The monoisotopic (exact) mass is 403 g/mol. The largest absolute Gasteiger partial charge is 0.497 e. The second-order valence-electron chi connectivity index (χ2n) is 5.82. The number of nitrogens with zero attached hydrogens (tertiary/aromatic N) is 3. The molecule has 0 saturated carbocycles. The highest BCUT2D eigenvalue weighted by molar-refractivity contribution is 6.32. The van der Waals surface area contributed by atoms with Gasteiger partial charge in [-0.1, -0.05) is 29.8 Å². The van der Waals surface area contributed by atoms with Gasteiger partial charge in [-0.2, -0.15) is 0 Å². The van der Waals surface area contributed by atoms with Crippen molar-refractivity contribution in [1.29, 1.82) is 0 Å². The quantitative estimate of drug-likeness (QED) is 0.526. The summed E-state index contributed by atoms with van der Waals surface area (Å²) in [4.78, 5) is 11.7. The maximum absolute atomic E-state index is 6.23. The number of hydrogen-bond donors (Lipinski definition) is 0. The summed E-state index contributed by atoms with van der Waals surface area (Å²) in [7, 11) is 1.67. The first-order chi connectivity index (χ1) is 12.7. The van der Waals surface area contributed by atoms with Crippen LogP contribution in [-0.4, -0.2) is 30.2 Å². The molecule has 1 aromatic heterocycles. The summed E-state index contributed by atoms with van der Waals surface area (Å²) in [6.45, 7) is 5.98. The number of anilines is 1. The van der Waals surface area contributed by atoms with Gasteiger partial charge < -0.3 is 9.64 Å². The summed E-state index contributed by atoms with van der Waals surface area (Å²) < 4.78 is 5.37. The Kier molecular flexibility index (Phi) is 7.45. The van der Waals surface area contributed by atoms with Crippen molar-refractivity contribution in [2.24, 2.45) is 0 Å². The van der Waals surface area contributed by atoms with Gasteiger partial charge >= 0.3 is 0 Å². The third-order valence-electron chi connectivity index (χ3n) is 4.28. The molecule has 0 aliphatic heterocycles. The fourth-order valence-corrected chi connectivity index (χ4v) is 3.05. The van der Waals surface area contributed by atoms with Crippen molar-refractivity contribution in [2.45, 2.75) is 13.8 Å². The van der Waals surface area contributed by atoms with E-state index in [1.54, 1.807) is 7.11 Å². The molecule has 27 heavy (non-hydrogen) atoms. The molecule has 0 spiro atoms. The van der Waals surface area contributed by atoms with Crippen LogP contribution in [0.2, 0.25) is 5.02 Å². The van der Waals surface area contributed by atoms with Gasteiger partial charge in [0, 0.05) is 23.5 Å². The first kappa shape index (κ1) is 21.0. The van der Waals surface area contributed by atoms with Gasteiger partial charge in [-0.05, 0) is 55.8 Å². The van der Waals surface area contributed by atoms with Crippen LogP contribution in [0.5, 0.6) is 5.75 Å². The summed E-state index contributed by atoms with van der Waals surface area (Å²) in [6.07, 6.45) is 3.84. The molecule has 0 unspecified atom stereocenters. The van der Waals surface area contributed by atoms with Crippen LogP contribution in [0.1, 0.15) is 25.2 Å². The summed E-state index contributed by atoms with van der Waals surface area (Å²) in [5.74, 6) is 2.37. The van der Waals surface area contributed by atoms with E-state index in [1.807, 2.05) is 54.6 Å². The molecule has 6 heteroatoms. The molecule has 0 radical (unpaired) electrons. The van der Waals surface area contributed by atoms with E-state index in [2.05, 4.69) is 23.7 Å². The highest BCUT2D eigenvalue weighted by Crippen LogP contribution is 2.28. The summed E-state index contributed by atoms with van der Waals surface area (Å²) in [5.41, 5.74) is 1.83. The zero-order valence-electron chi connectivity index (χ0n) is 15.6. The van der Waals surface area contributed by atoms with E-state index in [-0.39, 0.29) is 12.4 Å². The van der Waals surface area contributed by atoms with Crippen molar-refractivity contribution in [3.05, 3.63) is 58.9 Å². The van der Waals surface area contributed by atoms with Crippen LogP contribution in [-0.2, 0) is 0 Å². The third-order valence-corrected chi connectivity index (χ3v) is 4.62. The maximum Gasteiger partial charge on any atom is 0.154 e. The zero-order chi connectivity index (χ0) is 18.5. The Bertz CT molecular complexity index is 940. The zero-order valence-corrected chi connectivity index (χ0v) is 17.2. The molecule has 0 N–H and O–H groups in total. The Labute approximate surface area is 171 Å². The van der Waals surface area contributed by atoms with Crippen molar-refractivity contribution in [2.75, 3.05) is 25.1 Å². The van der Waals surface area contributed by atoms with Gasteiger partial charge in [0.05, 0.1) is 12.6 Å². The number of ether oxygens (including phenoxy) is 1. The van der Waals surface area contributed by atoms with Crippen LogP contribution >= 0.6 is 24.0 Å². The van der Waals surface area contributed by atoms with Gasteiger partial charge in [0.2, 0.25) is 0 Å². The van der Waals surface area contributed by atoms with Crippen LogP contribution < -0.4 is 9.64 Å². The van der Waals surface area contributed by atoms with Crippen molar-refractivity contribution in [3.63, 3.8) is 0 Å². The minimum atomic E-state index is 0. The first-order valence-electron chi connectivity index (χ1n) is 8.69. The Balaban J connectivity index is 0.00000261. The van der Waals surface area contributed by atoms with Crippen molar-refractivity contribution in [1.82, 2.24) is 9.97 Å². The third kappa shape index (κ3) is 4.71. The molecule has 0 aliphatic rings. The minimum absolute atomic E-state index is 0. The molecule has 0 bridgehead atoms. The van der Waals surface area contributed by atoms with Crippen LogP contribution in [0.15, 0.2) is 42.5 Å². The molecule has 1 heterocycles. The van der Waals surface area contributed by atoms with E-state index in [0.29, 0.717) is 10.8 Å². The van der Waals surface area contributed by atoms with Crippen LogP contribution in [0.4, 0.5) is 5.82 Å². The molecule has 0 amide bonds. The van der Waals surface area contributed by atoms with E-state index >= 15 is 0 Å². The lowest BCUT2D eigenvalue weighted by atomic mass is 10.2. The Hall–Kier alpha value is -2.30. The first-order valence-corrected chi connectivity index (χ1v) is 9.07. The van der Waals surface area contributed by atoms with Crippen LogP contribution in [0, 0.1) is 0 Å². The molecule has 142 valence electrons. The second-order valence-corrected chi connectivity index (χ2v) is 6.22. The smallest absolute Gasteiger partial charge is 0.154 e. The molecule has 4 nitrogen and oxygen atoms in total. The van der Waals surface area contributed by atoms with Gasteiger partial charge in [-0.25, -0.2) is 9.97 Å². The van der Waals surface area contributed by atoms with Crippen molar-refractivity contribution >= 4 is 52.9 Å². The van der Waals surface area contributed by atoms with E-state index in [9.17, 15) is 0 Å². The molecule has 0 atom stereocenters. The molecule has 0 aliphatic carbocycles. The normalized spacial score (nSPS) is 10.8. The van der Waals surface area contributed by atoms with Crippen molar-refractivity contribution < 1.29 is 4.74 Å². The topological polar surface area (TPSA) is 38.2 Å². The van der Waals surface area contributed by atoms with Crippen LogP contribution in [0.3, 0.4) is 0 Å². The maximum atomic E-state index is 6.23. The van der Waals surface area contributed by atoms with Gasteiger partial charge in [-0.3, -0.25) is 0 Å². The predicted molar refractivity (Wildman–Crippen MR) is 117 cm³/mol. The van der Waals surface area contributed by atoms with Gasteiger partial charge in [0.1, 0.15) is 11.6 Å². The van der Waals surface area contributed by atoms with Crippen molar-refractivity contribution in [3.8, 4) is 5.75 Å². The molecule has 0 fully saturated rings. The van der Waals surface area contributed by atoms with Gasteiger partial charge in [0.25, 0.3) is 0 Å². The predicted octanol–water partition coefficient (Wildman–Crippen LogP) is 5.73. The van der Waals surface area contributed by atoms with E-state index in [1.165, 1.54) is 0 Å². The van der Waals surface area contributed by atoms with Gasteiger partial charge in [-0.15, -0.1) is 12.4 Å². The number of methoxy groups -OCH3 is 1. The lowest BCUT2D eigenvalue weighted by molar-refractivity contribution is 0.415.